The summed E-state index contributed by atoms with van der Waals surface area (Å²) in [6.45, 7) is 2.50. The Kier molecular flexibility index (Phi) is 5.12. The number of aryl methyl sites for hydroxylation is 1. The van der Waals surface area contributed by atoms with Crippen LogP contribution in [0.5, 0.6) is 5.75 Å². The fourth-order valence-electron chi connectivity index (χ4n) is 2.35. The molecule has 0 aliphatic rings. The van der Waals surface area contributed by atoms with Crippen LogP contribution in [0.15, 0.2) is 57.6 Å². The fourth-order valence-corrected chi connectivity index (χ4v) is 3.91. The van der Waals surface area contributed by atoms with Gasteiger partial charge in [-0.15, -0.1) is 21.5 Å². The van der Waals surface area contributed by atoms with Crippen molar-refractivity contribution in [3.8, 4) is 17.3 Å². The van der Waals surface area contributed by atoms with Gasteiger partial charge in [0.2, 0.25) is 11.0 Å². The van der Waals surface area contributed by atoms with E-state index in [2.05, 4.69) is 15.2 Å². The molecule has 0 unspecified atom stereocenters. The lowest BCUT2D eigenvalue weighted by Gasteiger charge is -2.04. The van der Waals surface area contributed by atoms with Crippen molar-refractivity contribution in [2.75, 3.05) is 5.84 Å². The summed E-state index contributed by atoms with van der Waals surface area (Å²) in [6.07, 6.45) is 1.58. The predicted molar refractivity (Wildman–Crippen MR) is 105 cm³/mol. The number of nitrogens with zero attached hydrogens (tertiary/aromatic N) is 4. The van der Waals surface area contributed by atoms with Gasteiger partial charge in [0, 0.05) is 11.1 Å². The minimum atomic E-state index is 0.452. The molecule has 3 heterocycles. The van der Waals surface area contributed by atoms with Gasteiger partial charge in [-0.1, -0.05) is 29.5 Å². The number of hydrogen-bond acceptors (Lipinski definition) is 8. The van der Waals surface area contributed by atoms with Crippen LogP contribution in [-0.2, 0) is 12.4 Å². The lowest BCUT2D eigenvalue weighted by Crippen LogP contribution is -2.11. The molecule has 0 bridgehead atoms. The zero-order valence-corrected chi connectivity index (χ0v) is 16.2. The van der Waals surface area contributed by atoms with Crippen LogP contribution < -0.4 is 10.6 Å². The molecule has 0 radical (unpaired) electrons. The van der Waals surface area contributed by atoms with E-state index in [1.54, 1.807) is 29.7 Å². The average molecular weight is 400 g/mol. The molecule has 0 amide bonds. The highest BCUT2D eigenvalue weighted by molar-refractivity contribution is 7.98. The summed E-state index contributed by atoms with van der Waals surface area (Å²) in [6, 6.07) is 11.6. The zero-order chi connectivity index (χ0) is 18.6. The molecule has 4 rings (SSSR count). The number of thioether (sulfide) groups is 1. The van der Waals surface area contributed by atoms with E-state index in [1.165, 1.54) is 22.0 Å². The maximum Gasteiger partial charge on any atom is 0.218 e. The van der Waals surface area contributed by atoms with Crippen molar-refractivity contribution < 1.29 is 9.15 Å². The molecular weight excluding hydrogens is 382 g/mol. The first-order valence-electron chi connectivity index (χ1n) is 8.19. The molecule has 9 heteroatoms. The van der Waals surface area contributed by atoms with Crippen LogP contribution in [0.25, 0.3) is 11.6 Å². The van der Waals surface area contributed by atoms with Crippen LogP contribution in [-0.4, -0.2) is 19.9 Å². The van der Waals surface area contributed by atoms with Crippen molar-refractivity contribution in [2.45, 2.75) is 24.4 Å². The standard InChI is InChI=1S/C18H17N5O2S2/c1-12-4-6-14(7-5-12)25-9-16-20-13(10-26-16)11-27-18-22-21-17(23(18)19)15-3-2-8-24-15/h2-8,10H,9,11,19H2,1H3. The van der Waals surface area contributed by atoms with E-state index in [1.807, 2.05) is 36.6 Å². The topological polar surface area (TPSA) is 92.0 Å². The highest BCUT2D eigenvalue weighted by Gasteiger charge is 2.15. The second-order valence-electron chi connectivity index (χ2n) is 5.78. The molecule has 27 heavy (non-hydrogen) atoms. The van der Waals surface area contributed by atoms with Crippen molar-refractivity contribution >= 4 is 23.1 Å². The van der Waals surface area contributed by atoms with Gasteiger partial charge in [-0.3, -0.25) is 0 Å². The summed E-state index contributed by atoms with van der Waals surface area (Å²) in [5.41, 5.74) is 2.16. The largest absolute Gasteiger partial charge is 0.486 e. The summed E-state index contributed by atoms with van der Waals surface area (Å²) in [5, 5.41) is 11.7. The van der Waals surface area contributed by atoms with Gasteiger partial charge in [-0.2, -0.15) is 0 Å². The maximum atomic E-state index is 6.06. The van der Waals surface area contributed by atoms with E-state index in [0.717, 1.165) is 16.5 Å². The molecule has 1 aromatic carbocycles. The third-order valence-corrected chi connectivity index (χ3v) is 5.59. The van der Waals surface area contributed by atoms with Crippen molar-refractivity contribution in [3.05, 3.63) is 64.3 Å². The number of aromatic nitrogens is 4. The Balaban J connectivity index is 1.34. The Hall–Kier alpha value is -2.78. The Morgan fingerprint density at radius 3 is 2.85 bits per heavy atom. The first kappa shape index (κ1) is 17.6. The number of hydrogen-bond donors (Lipinski definition) is 1. The third kappa shape index (κ3) is 4.15. The van der Waals surface area contributed by atoms with E-state index in [0.29, 0.717) is 29.1 Å². The molecule has 0 fully saturated rings. The number of furan rings is 1. The lowest BCUT2D eigenvalue weighted by atomic mass is 10.2. The van der Waals surface area contributed by atoms with Crippen molar-refractivity contribution in [1.82, 2.24) is 19.9 Å². The van der Waals surface area contributed by atoms with E-state index in [9.17, 15) is 0 Å². The van der Waals surface area contributed by atoms with Gasteiger partial charge in [-0.05, 0) is 31.2 Å². The summed E-state index contributed by atoms with van der Waals surface area (Å²) in [5.74, 6) is 8.63. The van der Waals surface area contributed by atoms with Gasteiger partial charge in [-0.25, -0.2) is 9.66 Å². The SMILES string of the molecule is Cc1ccc(OCc2nc(CSc3nnc(-c4ccco4)n3N)cs2)cc1. The van der Waals surface area contributed by atoms with Crippen LogP contribution in [0, 0.1) is 6.92 Å². The Labute approximate surface area is 164 Å². The molecule has 4 aromatic rings. The van der Waals surface area contributed by atoms with Gasteiger partial charge < -0.3 is 15.0 Å². The van der Waals surface area contributed by atoms with Gasteiger partial charge in [0.1, 0.15) is 17.4 Å². The molecule has 0 saturated carbocycles. The molecule has 7 nitrogen and oxygen atoms in total. The van der Waals surface area contributed by atoms with Gasteiger partial charge in [0.05, 0.1) is 12.0 Å². The summed E-state index contributed by atoms with van der Waals surface area (Å²) in [7, 11) is 0. The third-order valence-electron chi connectivity index (χ3n) is 3.74. The molecular formula is C18H17N5O2S2. The smallest absolute Gasteiger partial charge is 0.218 e. The van der Waals surface area contributed by atoms with E-state index in [-0.39, 0.29) is 0 Å². The molecule has 138 valence electrons. The Morgan fingerprint density at radius 1 is 1.22 bits per heavy atom. The maximum absolute atomic E-state index is 6.06. The normalized spacial score (nSPS) is 11.0. The predicted octanol–water partition coefficient (Wildman–Crippen LogP) is 3.89. The number of nitrogens with two attached hydrogens (primary N) is 1. The molecule has 0 spiro atoms. The highest BCUT2D eigenvalue weighted by atomic mass is 32.2. The highest BCUT2D eigenvalue weighted by Crippen LogP contribution is 2.25. The minimum Gasteiger partial charge on any atom is -0.486 e. The van der Waals surface area contributed by atoms with Crippen LogP contribution in [0.2, 0.25) is 0 Å². The Bertz CT molecular complexity index is 1010. The van der Waals surface area contributed by atoms with Gasteiger partial charge >= 0.3 is 0 Å². The average Bonchev–Trinajstić information content (AvgIpc) is 3.41. The number of ether oxygens (including phenoxy) is 1. The fraction of sp³-hybridized carbons (Fsp3) is 0.167. The minimum absolute atomic E-state index is 0.452. The van der Waals surface area contributed by atoms with Crippen molar-refractivity contribution in [3.63, 3.8) is 0 Å². The molecule has 2 N–H and O–H groups in total. The van der Waals surface area contributed by atoms with E-state index >= 15 is 0 Å². The number of nitrogen functional groups attached to an aromatic ring is 1. The van der Waals surface area contributed by atoms with Crippen LogP contribution in [0.4, 0.5) is 0 Å². The van der Waals surface area contributed by atoms with E-state index < -0.39 is 0 Å². The summed E-state index contributed by atoms with van der Waals surface area (Å²) in [4.78, 5) is 4.60. The van der Waals surface area contributed by atoms with Crippen molar-refractivity contribution in [2.24, 2.45) is 0 Å². The lowest BCUT2D eigenvalue weighted by molar-refractivity contribution is 0.305. The quantitative estimate of drug-likeness (QED) is 0.372. The second kappa shape index (κ2) is 7.85. The first-order chi connectivity index (χ1) is 13.2. The summed E-state index contributed by atoms with van der Waals surface area (Å²) < 4.78 is 12.5. The monoisotopic (exact) mass is 399 g/mol. The summed E-state index contributed by atoms with van der Waals surface area (Å²) >= 11 is 3.05. The molecule has 0 aliphatic carbocycles. The number of thiazole rings is 1. The van der Waals surface area contributed by atoms with Crippen LogP contribution in [0.1, 0.15) is 16.3 Å². The Morgan fingerprint density at radius 2 is 2.07 bits per heavy atom. The van der Waals surface area contributed by atoms with E-state index in [4.69, 9.17) is 15.0 Å². The second-order valence-corrected chi connectivity index (χ2v) is 7.66. The molecule has 0 atom stereocenters. The van der Waals surface area contributed by atoms with Gasteiger partial charge in [0.25, 0.3) is 0 Å². The van der Waals surface area contributed by atoms with Crippen molar-refractivity contribution in [1.29, 1.82) is 0 Å². The number of benzene rings is 1. The van der Waals surface area contributed by atoms with Crippen LogP contribution in [0.3, 0.4) is 0 Å². The number of rotatable bonds is 7. The molecule has 0 aliphatic heterocycles. The first-order valence-corrected chi connectivity index (χ1v) is 10.1. The molecule has 3 aromatic heterocycles. The van der Waals surface area contributed by atoms with Crippen LogP contribution >= 0.6 is 23.1 Å². The zero-order valence-electron chi connectivity index (χ0n) is 14.5. The van der Waals surface area contributed by atoms with Gasteiger partial charge in [0.15, 0.2) is 5.76 Å². The molecule has 0 saturated heterocycles.